The summed E-state index contributed by atoms with van der Waals surface area (Å²) in [5.74, 6) is -0.663. The molecule has 0 fully saturated rings. The second-order valence-electron chi connectivity index (χ2n) is 3.27. The zero-order valence-corrected chi connectivity index (χ0v) is 14.2. The Morgan fingerprint density at radius 3 is 1.92 bits per heavy atom. The molecule has 13 heavy (non-hydrogen) atoms. The molecule has 2 radical (unpaired) electrons. The average molecular weight is 381 g/mol. The molecule has 0 spiro atoms. The summed E-state index contributed by atoms with van der Waals surface area (Å²) in [6.07, 6.45) is 8.64. The number of hydrogen-bond donors (Lipinski definition) is 1. The van der Waals surface area contributed by atoms with Gasteiger partial charge in [-0.15, -0.1) is 0 Å². The van der Waals surface area contributed by atoms with Crippen molar-refractivity contribution in [3.8, 4) is 0 Å². The first-order valence-electron chi connectivity index (χ1n) is 4.99. The average Bonchev–Trinajstić information content (AvgIpc) is 2.02. The predicted molar refractivity (Wildman–Crippen MR) is 58.8 cm³/mol. The number of carbonyl (C=O) groups is 1. The summed E-state index contributed by atoms with van der Waals surface area (Å²) in [4.78, 5) is 10.1. The van der Waals surface area contributed by atoms with E-state index in [1.54, 1.807) is 0 Å². The van der Waals surface area contributed by atoms with Crippen molar-refractivity contribution in [3.63, 3.8) is 0 Å². The van der Waals surface area contributed by atoms with E-state index >= 15 is 0 Å². The van der Waals surface area contributed by atoms with Gasteiger partial charge < -0.3 is 5.11 Å². The molecule has 78 valence electrons. The Bertz CT molecular complexity index is 115. The van der Waals surface area contributed by atoms with Crippen LogP contribution in [0.4, 0.5) is 0 Å². The molecule has 0 aromatic heterocycles. The Hall–Kier alpha value is 0.392. The molecule has 0 aliphatic heterocycles. The fraction of sp³-hybridized carbons (Fsp3) is 0.900. The van der Waals surface area contributed by atoms with Gasteiger partial charge in [-0.05, 0) is 6.42 Å². The van der Waals surface area contributed by atoms with Crippen LogP contribution in [0.1, 0.15) is 58.3 Å². The summed E-state index contributed by atoms with van der Waals surface area (Å²) < 4.78 is 0. The van der Waals surface area contributed by atoms with Crippen molar-refractivity contribution >= 4 is 33.3 Å². The maximum absolute atomic E-state index is 10.1. The van der Waals surface area contributed by atoms with Crippen molar-refractivity contribution in [2.24, 2.45) is 0 Å². The Labute approximate surface area is 101 Å². The van der Waals surface area contributed by atoms with Gasteiger partial charge in [-0.3, -0.25) is 4.79 Å². The van der Waals surface area contributed by atoms with E-state index in [1.807, 2.05) is 0 Å². The zero-order chi connectivity index (χ0) is 9.23. The van der Waals surface area contributed by atoms with E-state index in [-0.39, 0.29) is 27.3 Å². The molecule has 0 saturated carbocycles. The molecule has 0 rings (SSSR count). The summed E-state index contributed by atoms with van der Waals surface area (Å²) in [5.41, 5.74) is 0. The number of unbranched alkanes of at least 4 members (excludes halogenated alkanes) is 6. The van der Waals surface area contributed by atoms with Crippen LogP contribution in [0.5, 0.6) is 0 Å². The molecule has 0 unspecified atom stereocenters. The quantitative estimate of drug-likeness (QED) is 0.517. The topological polar surface area (TPSA) is 37.3 Å². The van der Waals surface area contributed by atoms with Crippen molar-refractivity contribution < 1.29 is 9.90 Å². The SMILES string of the molecule is CCCCCCCCCC(=O)O.[PbH2]. The van der Waals surface area contributed by atoms with Gasteiger partial charge in [0, 0.05) is 6.42 Å². The maximum atomic E-state index is 10.1. The summed E-state index contributed by atoms with van der Waals surface area (Å²) in [6, 6.07) is 0. The third-order valence-electron chi connectivity index (χ3n) is 1.99. The molecule has 0 aromatic rings. The van der Waals surface area contributed by atoms with Gasteiger partial charge in [0.15, 0.2) is 0 Å². The molecule has 0 amide bonds. The van der Waals surface area contributed by atoms with E-state index in [4.69, 9.17) is 5.11 Å². The van der Waals surface area contributed by atoms with E-state index in [2.05, 4.69) is 6.92 Å². The van der Waals surface area contributed by atoms with Crippen molar-refractivity contribution in [3.05, 3.63) is 0 Å². The first kappa shape index (κ1) is 15.8. The molecular weight excluding hydrogens is 359 g/mol. The van der Waals surface area contributed by atoms with Crippen LogP contribution >= 0.6 is 0 Å². The molecule has 0 saturated heterocycles. The van der Waals surface area contributed by atoms with Gasteiger partial charge in [-0.25, -0.2) is 0 Å². The number of aliphatic carboxylic acids is 1. The molecule has 0 aliphatic carbocycles. The van der Waals surface area contributed by atoms with Gasteiger partial charge >= 0.3 is 33.3 Å². The second kappa shape index (κ2) is 12.4. The molecule has 3 heteroatoms. The van der Waals surface area contributed by atoms with Crippen LogP contribution in [0.25, 0.3) is 0 Å². The van der Waals surface area contributed by atoms with Crippen LogP contribution in [0.2, 0.25) is 0 Å². The van der Waals surface area contributed by atoms with Gasteiger partial charge in [-0.1, -0.05) is 45.4 Å². The van der Waals surface area contributed by atoms with Crippen LogP contribution in [0.3, 0.4) is 0 Å². The first-order chi connectivity index (χ1) is 5.77. The van der Waals surface area contributed by atoms with Gasteiger partial charge in [0.1, 0.15) is 0 Å². The predicted octanol–water partition coefficient (Wildman–Crippen LogP) is 2.30. The number of rotatable bonds is 8. The molecule has 0 atom stereocenters. The summed E-state index contributed by atoms with van der Waals surface area (Å²) in [7, 11) is 0. The van der Waals surface area contributed by atoms with Gasteiger partial charge in [0.25, 0.3) is 0 Å². The Morgan fingerprint density at radius 1 is 1.00 bits per heavy atom. The van der Waals surface area contributed by atoms with Crippen molar-refractivity contribution in [2.45, 2.75) is 58.3 Å². The van der Waals surface area contributed by atoms with Crippen molar-refractivity contribution in [1.29, 1.82) is 0 Å². The molecule has 0 aromatic carbocycles. The fourth-order valence-corrected chi connectivity index (χ4v) is 1.23. The van der Waals surface area contributed by atoms with Crippen LogP contribution in [-0.4, -0.2) is 38.4 Å². The van der Waals surface area contributed by atoms with Crippen LogP contribution in [-0.2, 0) is 4.79 Å². The van der Waals surface area contributed by atoms with E-state index < -0.39 is 5.97 Å². The van der Waals surface area contributed by atoms with Gasteiger partial charge in [-0.2, -0.15) is 0 Å². The number of carboxylic acids is 1. The summed E-state index contributed by atoms with van der Waals surface area (Å²) in [6.45, 7) is 2.20. The van der Waals surface area contributed by atoms with E-state index in [9.17, 15) is 4.79 Å². The summed E-state index contributed by atoms with van der Waals surface area (Å²) in [5, 5.41) is 8.35. The van der Waals surface area contributed by atoms with E-state index in [0.717, 1.165) is 12.8 Å². The monoisotopic (exact) mass is 382 g/mol. The third-order valence-corrected chi connectivity index (χ3v) is 1.99. The molecular formula is C10H22O2Pb. The molecule has 2 nitrogen and oxygen atoms in total. The van der Waals surface area contributed by atoms with E-state index in [0.29, 0.717) is 6.42 Å². The normalized spacial score (nSPS) is 9.31. The van der Waals surface area contributed by atoms with E-state index in [1.165, 1.54) is 32.1 Å². The Morgan fingerprint density at radius 2 is 1.46 bits per heavy atom. The van der Waals surface area contributed by atoms with Crippen LogP contribution in [0.15, 0.2) is 0 Å². The summed E-state index contributed by atoms with van der Waals surface area (Å²) >= 11 is 0. The number of hydrogen-bond acceptors (Lipinski definition) is 1. The van der Waals surface area contributed by atoms with Crippen LogP contribution in [0, 0.1) is 0 Å². The third kappa shape index (κ3) is 15.2. The van der Waals surface area contributed by atoms with Crippen molar-refractivity contribution in [1.82, 2.24) is 0 Å². The first-order valence-corrected chi connectivity index (χ1v) is 4.99. The molecule has 1 N–H and O–H groups in total. The van der Waals surface area contributed by atoms with Crippen LogP contribution < -0.4 is 0 Å². The number of carboxylic acid groups (broad SMARTS) is 1. The molecule has 0 heterocycles. The fourth-order valence-electron chi connectivity index (χ4n) is 1.23. The standard InChI is InChI=1S/C10H20O2.Pb.2H/c1-2-3-4-5-6-7-8-9-10(11)12;;;/h2-9H2,1H3,(H,11,12);;;. The Kier molecular flexibility index (Phi) is 15.1. The molecule has 0 bridgehead atoms. The van der Waals surface area contributed by atoms with Gasteiger partial charge in [0.05, 0.1) is 0 Å². The molecule has 0 aliphatic rings. The minimum atomic E-state index is -0.663. The second-order valence-corrected chi connectivity index (χ2v) is 3.27. The Balaban J connectivity index is 0. The zero-order valence-electron chi connectivity index (χ0n) is 8.72. The van der Waals surface area contributed by atoms with Crippen molar-refractivity contribution in [2.75, 3.05) is 0 Å². The van der Waals surface area contributed by atoms with Gasteiger partial charge in [0.2, 0.25) is 0 Å². The minimum absolute atomic E-state index is 0.